The maximum absolute atomic E-state index is 12.6. The van der Waals surface area contributed by atoms with E-state index in [-0.39, 0.29) is 5.54 Å². The fourth-order valence-electron chi connectivity index (χ4n) is 2.01. The maximum Gasteiger partial charge on any atom is 0.416 e. The average molecular weight is 241 g/mol. The minimum absolute atomic E-state index is 0.162. The second kappa shape index (κ2) is 3.79. The van der Waals surface area contributed by atoms with Gasteiger partial charge in [0.1, 0.15) is 0 Å². The van der Waals surface area contributed by atoms with Crippen LogP contribution in [0.2, 0.25) is 0 Å². The molecule has 0 saturated carbocycles. The van der Waals surface area contributed by atoms with Gasteiger partial charge in [0.05, 0.1) is 5.56 Å². The van der Waals surface area contributed by atoms with Gasteiger partial charge in [0.2, 0.25) is 0 Å². The van der Waals surface area contributed by atoms with Gasteiger partial charge >= 0.3 is 6.18 Å². The van der Waals surface area contributed by atoms with Crippen LogP contribution in [0.3, 0.4) is 0 Å². The number of hydrogen-bond donors (Lipinski definition) is 0. The second-order valence-electron chi connectivity index (χ2n) is 4.82. The smallest absolute Gasteiger partial charge is 0.342 e. The van der Waals surface area contributed by atoms with Gasteiger partial charge in [0, 0.05) is 17.4 Å². The van der Waals surface area contributed by atoms with Gasteiger partial charge < -0.3 is 4.90 Å². The molecule has 0 aliphatic carbocycles. The first kappa shape index (κ1) is 12.0. The zero-order chi connectivity index (χ0) is 12.7. The first-order valence-electron chi connectivity index (χ1n) is 5.44. The molecule has 2 rings (SSSR count). The summed E-state index contributed by atoms with van der Waals surface area (Å²) in [7, 11) is 0. The Kier molecular flexibility index (Phi) is 2.68. The summed E-state index contributed by atoms with van der Waals surface area (Å²) in [4.78, 5) is 1.88. The molecule has 1 aromatic carbocycles. The molecule has 1 nitrogen and oxygen atoms in total. The predicted molar refractivity (Wildman–Crippen MR) is 61.8 cm³/mol. The zero-order valence-corrected chi connectivity index (χ0v) is 9.75. The molecule has 0 spiro atoms. The molecule has 0 unspecified atom stereocenters. The molecule has 1 heterocycles. The molecule has 92 valence electrons. The lowest BCUT2D eigenvalue weighted by atomic mass is 10.0. The van der Waals surface area contributed by atoms with Gasteiger partial charge in [-0.05, 0) is 38.5 Å². The van der Waals surface area contributed by atoms with E-state index in [2.05, 4.69) is 0 Å². The average Bonchev–Trinajstić information content (AvgIpc) is 2.57. The molecule has 1 aromatic rings. The van der Waals surface area contributed by atoms with E-state index in [1.165, 1.54) is 12.1 Å². The van der Waals surface area contributed by atoms with E-state index in [0.717, 1.165) is 12.5 Å². The molecule has 0 atom stereocenters. The number of anilines is 1. The summed E-state index contributed by atoms with van der Waals surface area (Å²) in [6, 6.07) is 5.43. The minimum Gasteiger partial charge on any atom is -0.342 e. The SMILES string of the molecule is CC1(C)CC=CN1c1cccc(C(F)(F)F)c1. The topological polar surface area (TPSA) is 3.24 Å². The van der Waals surface area contributed by atoms with E-state index in [1.54, 1.807) is 6.07 Å². The van der Waals surface area contributed by atoms with E-state index in [4.69, 9.17) is 0 Å². The Balaban J connectivity index is 2.38. The van der Waals surface area contributed by atoms with Crippen molar-refractivity contribution in [3.63, 3.8) is 0 Å². The van der Waals surface area contributed by atoms with Crippen LogP contribution in [0.1, 0.15) is 25.8 Å². The van der Waals surface area contributed by atoms with Crippen molar-refractivity contribution in [2.24, 2.45) is 0 Å². The molecular weight excluding hydrogens is 227 g/mol. The number of rotatable bonds is 1. The first-order valence-corrected chi connectivity index (χ1v) is 5.44. The number of hydrogen-bond acceptors (Lipinski definition) is 1. The summed E-state index contributed by atoms with van der Waals surface area (Å²) >= 11 is 0. The monoisotopic (exact) mass is 241 g/mol. The largest absolute Gasteiger partial charge is 0.416 e. The van der Waals surface area contributed by atoms with Gasteiger partial charge in [0.25, 0.3) is 0 Å². The van der Waals surface area contributed by atoms with Crippen molar-refractivity contribution in [2.75, 3.05) is 4.90 Å². The lowest BCUT2D eigenvalue weighted by Crippen LogP contribution is -2.36. The molecule has 0 bridgehead atoms. The normalized spacial score (nSPS) is 18.8. The molecule has 0 amide bonds. The van der Waals surface area contributed by atoms with E-state index < -0.39 is 11.7 Å². The maximum atomic E-state index is 12.6. The molecule has 4 heteroatoms. The van der Waals surface area contributed by atoms with Crippen molar-refractivity contribution >= 4 is 5.69 Å². The van der Waals surface area contributed by atoms with Crippen molar-refractivity contribution < 1.29 is 13.2 Å². The summed E-state index contributed by atoms with van der Waals surface area (Å²) in [5, 5.41) is 0. The highest BCUT2D eigenvalue weighted by atomic mass is 19.4. The van der Waals surface area contributed by atoms with E-state index in [1.807, 2.05) is 31.0 Å². The van der Waals surface area contributed by atoms with Crippen LogP contribution in [-0.4, -0.2) is 5.54 Å². The Bertz CT molecular complexity index is 446. The van der Waals surface area contributed by atoms with Gasteiger partial charge in [-0.25, -0.2) is 0 Å². The van der Waals surface area contributed by atoms with Gasteiger partial charge in [-0.1, -0.05) is 12.1 Å². The fraction of sp³-hybridized carbons (Fsp3) is 0.385. The first-order chi connectivity index (χ1) is 7.81. The van der Waals surface area contributed by atoms with E-state index in [9.17, 15) is 13.2 Å². The molecule has 1 aliphatic rings. The molecule has 1 aliphatic heterocycles. The van der Waals surface area contributed by atoms with Crippen LogP contribution < -0.4 is 4.90 Å². The summed E-state index contributed by atoms with van der Waals surface area (Å²) in [5.41, 5.74) is -0.186. The Hall–Kier alpha value is -1.45. The second-order valence-corrected chi connectivity index (χ2v) is 4.82. The third kappa shape index (κ3) is 2.30. The number of benzene rings is 1. The molecule has 0 fully saturated rings. The molecule has 0 saturated heterocycles. The highest BCUT2D eigenvalue weighted by Gasteiger charge is 2.33. The summed E-state index contributed by atoms with van der Waals surface area (Å²) < 4.78 is 37.8. The molecule has 0 N–H and O–H groups in total. The van der Waals surface area contributed by atoms with Gasteiger partial charge in [-0.2, -0.15) is 13.2 Å². The van der Waals surface area contributed by atoms with Crippen LogP contribution in [0, 0.1) is 0 Å². The third-order valence-electron chi connectivity index (χ3n) is 2.98. The van der Waals surface area contributed by atoms with Gasteiger partial charge in [-0.15, -0.1) is 0 Å². The lowest BCUT2D eigenvalue weighted by Gasteiger charge is -2.33. The Morgan fingerprint density at radius 2 is 1.94 bits per heavy atom. The van der Waals surface area contributed by atoms with E-state index >= 15 is 0 Å². The van der Waals surface area contributed by atoms with Crippen LogP contribution >= 0.6 is 0 Å². The Morgan fingerprint density at radius 3 is 2.47 bits per heavy atom. The van der Waals surface area contributed by atoms with Crippen LogP contribution in [-0.2, 0) is 6.18 Å². The summed E-state index contributed by atoms with van der Waals surface area (Å²) in [5.74, 6) is 0. The van der Waals surface area contributed by atoms with Gasteiger partial charge in [0.15, 0.2) is 0 Å². The van der Waals surface area contributed by atoms with Crippen LogP contribution in [0.25, 0.3) is 0 Å². The van der Waals surface area contributed by atoms with E-state index in [0.29, 0.717) is 5.69 Å². The number of nitrogens with zero attached hydrogens (tertiary/aromatic N) is 1. The van der Waals surface area contributed by atoms with Gasteiger partial charge in [-0.3, -0.25) is 0 Å². The Labute approximate surface area is 98.5 Å². The molecule has 0 radical (unpaired) electrons. The zero-order valence-electron chi connectivity index (χ0n) is 9.75. The third-order valence-corrected chi connectivity index (χ3v) is 2.98. The molecule has 0 aromatic heterocycles. The Morgan fingerprint density at radius 1 is 1.24 bits per heavy atom. The minimum atomic E-state index is -4.29. The predicted octanol–water partition coefficient (Wildman–Crippen LogP) is 4.21. The standard InChI is InChI=1S/C13H14F3N/c1-12(2)7-4-8-17(12)11-6-3-5-10(9-11)13(14,15)16/h3-6,8-9H,7H2,1-2H3. The fourth-order valence-corrected chi connectivity index (χ4v) is 2.01. The summed E-state index contributed by atoms with van der Waals surface area (Å²) in [6.45, 7) is 4.01. The molecule has 17 heavy (non-hydrogen) atoms. The van der Waals surface area contributed by atoms with Crippen molar-refractivity contribution in [3.8, 4) is 0 Å². The van der Waals surface area contributed by atoms with Crippen molar-refractivity contribution in [3.05, 3.63) is 42.1 Å². The highest BCUT2D eigenvalue weighted by Crippen LogP contribution is 2.36. The van der Waals surface area contributed by atoms with Crippen molar-refractivity contribution in [1.82, 2.24) is 0 Å². The number of halogens is 3. The highest BCUT2D eigenvalue weighted by molar-refractivity contribution is 5.55. The van der Waals surface area contributed by atoms with Crippen LogP contribution in [0.15, 0.2) is 36.5 Å². The van der Waals surface area contributed by atoms with Crippen molar-refractivity contribution in [2.45, 2.75) is 32.0 Å². The number of alkyl halides is 3. The van der Waals surface area contributed by atoms with Crippen LogP contribution in [0.5, 0.6) is 0 Å². The lowest BCUT2D eigenvalue weighted by molar-refractivity contribution is -0.137. The quantitative estimate of drug-likeness (QED) is 0.712. The summed E-state index contributed by atoms with van der Waals surface area (Å²) in [6.07, 6.45) is 0.364. The molecular formula is C13H14F3N. The van der Waals surface area contributed by atoms with Crippen LogP contribution in [0.4, 0.5) is 18.9 Å². The van der Waals surface area contributed by atoms with Crippen molar-refractivity contribution in [1.29, 1.82) is 0 Å².